The molecule has 1 aliphatic heterocycles. The summed E-state index contributed by atoms with van der Waals surface area (Å²) < 4.78 is 0. The van der Waals surface area contributed by atoms with E-state index in [1.165, 1.54) is 5.56 Å². The predicted octanol–water partition coefficient (Wildman–Crippen LogP) is 4.39. The summed E-state index contributed by atoms with van der Waals surface area (Å²) in [5, 5.41) is 11.5. The zero-order chi connectivity index (χ0) is 13.2. The summed E-state index contributed by atoms with van der Waals surface area (Å²) in [7, 11) is 0. The monoisotopic (exact) mass is 264 g/mol. The molecule has 0 aromatic heterocycles. The molecular formula is C16H12N2S. The lowest BCUT2D eigenvalue weighted by atomic mass is 10.1. The highest BCUT2D eigenvalue weighted by atomic mass is 32.2. The molecule has 2 aromatic rings. The van der Waals surface area contributed by atoms with E-state index in [1.807, 2.05) is 41.8 Å². The zero-order valence-electron chi connectivity index (χ0n) is 10.5. The molecule has 0 atom stereocenters. The van der Waals surface area contributed by atoms with Crippen LogP contribution in [0, 0.1) is 18.4 Å². The number of para-hydroxylation sites is 1. The van der Waals surface area contributed by atoms with Crippen molar-refractivity contribution in [1.82, 2.24) is 0 Å². The van der Waals surface area contributed by atoms with Gasteiger partial charge >= 0.3 is 0 Å². The van der Waals surface area contributed by atoms with Gasteiger partial charge in [-0.2, -0.15) is 5.26 Å². The minimum Gasteiger partial charge on any atom is -0.245 e. The second kappa shape index (κ2) is 4.83. The lowest BCUT2D eigenvalue weighted by molar-refractivity contribution is 1.22. The molecule has 0 unspecified atom stereocenters. The highest BCUT2D eigenvalue weighted by Crippen LogP contribution is 2.41. The summed E-state index contributed by atoms with van der Waals surface area (Å²) in [4.78, 5) is 2.81. The number of rotatable bonds is 1. The Morgan fingerprint density at radius 2 is 1.95 bits per heavy atom. The van der Waals surface area contributed by atoms with Crippen LogP contribution in [0.15, 0.2) is 58.8 Å². The Morgan fingerprint density at radius 1 is 1.11 bits per heavy atom. The Hall–Kier alpha value is -2.18. The van der Waals surface area contributed by atoms with Gasteiger partial charge < -0.3 is 0 Å². The molecule has 2 aromatic carbocycles. The van der Waals surface area contributed by atoms with Crippen molar-refractivity contribution in [3.8, 4) is 6.19 Å². The van der Waals surface area contributed by atoms with E-state index in [-0.39, 0.29) is 0 Å². The van der Waals surface area contributed by atoms with Crippen LogP contribution >= 0.6 is 11.8 Å². The normalized spacial score (nSPS) is 13.5. The molecule has 1 heterocycles. The summed E-state index contributed by atoms with van der Waals surface area (Å²) in [6.45, 7) is 2.06. The number of hydrogen-bond donors (Lipinski definition) is 0. The van der Waals surface area contributed by atoms with E-state index in [0.717, 1.165) is 21.8 Å². The van der Waals surface area contributed by atoms with Gasteiger partial charge in [0.15, 0.2) is 6.19 Å². The van der Waals surface area contributed by atoms with E-state index < -0.39 is 0 Å². The van der Waals surface area contributed by atoms with Crippen LogP contribution < -0.4 is 4.90 Å². The van der Waals surface area contributed by atoms with Gasteiger partial charge in [-0.15, -0.1) is 0 Å². The first-order valence-electron chi connectivity index (χ1n) is 6.02. The zero-order valence-corrected chi connectivity index (χ0v) is 11.3. The number of aryl methyl sites for hydroxylation is 1. The lowest BCUT2D eigenvalue weighted by Crippen LogP contribution is -2.17. The van der Waals surface area contributed by atoms with Crippen molar-refractivity contribution in [2.45, 2.75) is 11.8 Å². The Kier molecular flexibility index (Phi) is 3.02. The summed E-state index contributed by atoms with van der Waals surface area (Å²) in [6, 6.07) is 16.2. The number of nitrogens with zero attached hydrogens (tertiary/aromatic N) is 2. The van der Waals surface area contributed by atoms with Gasteiger partial charge in [-0.25, -0.2) is 4.90 Å². The molecule has 1 aliphatic rings. The van der Waals surface area contributed by atoms with Gasteiger partial charge in [0.05, 0.1) is 11.4 Å². The van der Waals surface area contributed by atoms with Crippen molar-refractivity contribution in [2.75, 3.05) is 4.90 Å². The van der Waals surface area contributed by atoms with Gasteiger partial charge in [-0.05, 0) is 25.1 Å². The number of anilines is 1. The van der Waals surface area contributed by atoms with Crippen molar-refractivity contribution >= 4 is 23.1 Å². The van der Waals surface area contributed by atoms with Crippen LogP contribution in [0.2, 0.25) is 0 Å². The van der Waals surface area contributed by atoms with E-state index >= 15 is 0 Å². The van der Waals surface area contributed by atoms with Crippen LogP contribution in [0.5, 0.6) is 0 Å². The maximum Gasteiger partial charge on any atom is 0.189 e. The molecule has 0 bridgehead atoms. The Labute approximate surface area is 117 Å². The fraction of sp³-hybridized carbons (Fsp3) is 0.0625. The van der Waals surface area contributed by atoms with Gasteiger partial charge in [0.2, 0.25) is 0 Å². The maximum atomic E-state index is 9.46. The predicted molar refractivity (Wildman–Crippen MR) is 79.5 cm³/mol. The Balaban J connectivity index is 2.10. The molecular weight excluding hydrogens is 252 g/mol. The van der Waals surface area contributed by atoms with E-state index in [4.69, 9.17) is 0 Å². The SMILES string of the molecule is Cc1cccc(C2=CSc3ccccc3N2C#N)c1. The van der Waals surface area contributed by atoms with Crippen molar-refractivity contribution in [2.24, 2.45) is 0 Å². The molecule has 0 saturated carbocycles. The largest absolute Gasteiger partial charge is 0.245 e. The molecule has 19 heavy (non-hydrogen) atoms. The van der Waals surface area contributed by atoms with Gasteiger partial charge in [-0.3, -0.25) is 0 Å². The van der Waals surface area contributed by atoms with Crippen LogP contribution in [0.25, 0.3) is 5.70 Å². The minimum atomic E-state index is 0.940. The molecule has 3 heteroatoms. The first-order valence-corrected chi connectivity index (χ1v) is 6.90. The smallest absolute Gasteiger partial charge is 0.189 e. The molecule has 3 rings (SSSR count). The molecule has 0 fully saturated rings. The van der Waals surface area contributed by atoms with Crippen molar-refractivity contribution < 1.29 is 0 Å². The molecule has 0 saturated heterocycles. The second-order valence-corrected chi connectivity index (χ2v) is 5.30. The van der Waals surface area contributed by atoms with Gasteiger partial charge in [-0.1, -0.05) is 47.7 Å². The molecule has 0 amide bonds. The molecule has 0 radical (unpaired) electrons. The fourth-order valence-corrected chi connectivity index (χ4v) is 3.07. The fourth-order valence-electron chi connectivity index (χ4n) is 2.15. The first-order chi connectivity index (χ1) is 9.29. The van der Waals surface area contributed by atoms with E-state index in [9.17, 15) is 5.26 Å². The maximum absolute atomic E-state index is 9.46. The average Bonchev–Trinajstić information content (AvgIpc) is 2.46. The van der Waals surface area contributed by atoms with Crippen molar-refractivity contribution in [1.29, 1.82) is 5.26 Å². The third kappa shape index (κ3) is 2.11. The summed E-state index contributed by atoms with van der Waals surface area (Å²) in [5.74, 6) is 0. The number of benzene rings is 2. The van der Waals surface area contributed by atoms with Gasteiger partial charge in [0.1, 0.15) is 0 Å². The third-order valence-electron chi connectivity index (χ3n) is 3.06. The standard InChI is InChI=1S/C16H12N2S/c1-12-5-4-6-13(9-12)15-10-19-16-8-3-2-7-14(16)18(15)11-17/h2-10H,1H3. The quantitative estimate of drug-likeness (QED) is 0.715. The molecule has 0 aliphatic carbocycles. The molecule has 92 valence electrons. The lowest BCUT2D eigenvalue weighted by Gasteiger charge is -2.25. The van der Waals surface area contributed by atoms with Gasteiger partial charge in [0.25, 0.3) is 0 Å². The van der Waals surface area contributed by atoms with E-state index in [0.29, 0.717) is 0 Å². The van der Waals surface area contributed by atoms with Crippen LogP contribution in [0.3, 0.4) is 0 Å². The number of hydrogen-bond acceptors (Lipinski definition) is 3. The van der Waals surface area contributed by atoms with Crippen molar-refractivity contribution in [3.63, 3.8) is 0 Å². The Bertz CT molecular complexity index is 698. The molecule has 0 spiro atoms. The number of fused-ring (bicyclic) bond motifs is 1. The summed E-state index contributed by atoms with van der Waals surface area (Å²) in [5.41, 5.74) is 4.16. The minimum absolute atomic E-state index is 0.940. The highest BCUT2D eigenvalue weighted by Gasteiger charge is 2.21. The third-order valence-corrected chi connectivity index (χ3v) is 4.00. The topological polar surface area (TPSA) is 27.0 Å². The number of thioether (sulfide) groups is 1. The highest BCUT2D eigenvalue weighted by molar-refractivity contribution is 8.02. The van der Waals surface area contributed by atoms with E-state index in [1.54, 1.807) is 16.7 Å². The molecule has 2 nitrogen and oxygen atoms in total. The summed E-state index contributed by atoms with van der Waals surface area (Å²) in [6.07, 6.45) is 2.28. The average molecular weight is 264 g/mol. The second-order valence-electron chi connectivity index (χ2n) is 4.39. The summed E-state index contributed by atoms with van der Waals surface area (Å²) >= 11 is 1.66. The van der Waals surface area contributed by atoms with Gasteiger partial charge in [0, 0.05) is 15.9 Å². The van der Waals surface area contributed by atoms with Crippen LogP contribution in [0.4, 0.5) is 5.69 Å². The van der Waals surface area contributed by atoms with E-state index in [2.05, 4.69) is 25.2 Å². The first kappa shape index (κ1) is 11.9. The van der Waals surface area contributed by atoms with Crippen LogP contribution in [0.1, 0.15) is 11.1 Å². The number of nitriles is 1. The Morgan fingerprint density at radius 3 is 2.74 bits per heavy atom. The van der Waals surface area contributed by atoms with Crippen LogP contribution in [-0.4, -0.2) is 0 Å². The van der Waals surface area contributed by atoms with Crippen molar-refractivity contribution in [3.05, 3.63) is 65.1 Å². The molecule has 0 N–H and O–H groups in total. The van der Waals surface area contributed by atoms with Crippen LogP contribution in [-0.2, 0) is 0 Å².